The Morgan fingerprint density at radius 3 is 2.87 bits per heavy atom. The summed E-state index contributed by atoms with van der Waals surface area (Å²) in [6.07, 6.45) is 1.30. The molecule has 5 nitrogen and oxygen atoms in total. The summed E-state index contributed by atoms with van der Waals surface area (Å²) in [6, 6.07) is 0. The molecule has 0 bridgehead atoms. The molecule has 1 atom stereocenters. The van der Waals surface area contributed by atoms with Crippen LogP contribution < -0.4 is 0 Å². The van der Waals surface area contributed by atoms with Crippen molar-refractivity contribution in [1.29, 1.82) is 0 Å². The van der Waals surface area contributed by atoms with E-state index in [0.29, 0.717) is 19.3 Å². The van der Waals surface area contributed by atoms with Gasteiger partial charge in [0.05, 0.1) is 6.10 Å². The fourth-order valence-electron chi connectivity index (χ4n) is 1.36. The molecule has 1 rings (SSSR count). The first kappa shape index (κ1) is 12.0. The molecule has 1 aliphatic rings. The lowest BCUT2D eigenvalue weighted by molar-refractivity contribution is -0.146. The Morgan fingerprint density at radius 1 is 1.47 bits per heavy atom. The number of aliphatic hydroxyl groups is 2. The van der Waals surface area contributed by atoms with Crippen LogP contribution in [0.2, 0.25) is 0 Å². The van der Waals surface area contributed by atoms with Gasteiger partial charge in [-0.1, -0.05) is 5.92 Å². The van der Waals surface area contributed by atoms with Crippen molar-refractivity contribution in [3.63, 3.8) is 0 Å². The number of carboxylic acids is 1. The Morgan fingerprint density at radius 2 is 2.20 bits per heavy atom. The second-order valence-electron chi connectivity index (χ2n) is 3.52. The molecule has 0 aliphatic heterocycles. The van der Waals surface area contributed by atoms with E-state index >= 15 is 0 Å². The number of hydrogen-bond donors (Lipinski definition) is 3. The van der Waals surface area contributed by atoms with Crippen LogP contribution in [0.25, 0.3) is 0 Å². The summed E-state index contributed by atoms with van der Waals surface area (Å²) < 4.78 is 5.08. The monoisotopic (exact) mass is 214 g/mol. The maximum absolute atomic E-state index is 10.3. The van der Waals surface area contributed by atoms with Crippen LogP contribution in [0.1, 0.15) is 25.7 Å². The molecule has 0 saturated carbocycles. The summed E-state index contributed by atoms with van der Waals surface area (Å²) in [5, 5.41) is 27.0. The van der Waals surface area contributed by atoms with E-state index in [-0.39, 0.29) is 19.1 Å². The Kier molecular flexibility index (Phi) is 4.09. The fourth-order valence-corrected chi connectivity index (χ4v) is 1.36. The van der Waals surface area contributed by atoms with Gasteiger partial charge in [0, 0.05) is 12.8 Å². The summed E-state index contributed by atoms with van der Waals surface area (Å²) in [5.41, 5.74) is 0. The van der Waals surface area contributed by atoms with Gasteiger partial charge in [0.2, 0.25) is 5.79 Å². The van der Waals surface area contributed by atoms with Gasteiger partial charge in [-0.25, -0.2) is 4.79 Å². The fraction of sp³-hybridized carbons (Fsp3) is 0.700. The van der Waals surface area contributed by atoms with Crippen LogP contribution in [-0.2, 0) is 9.53 Å². The lowest BCUT2D eigenvalue weighted by Gasteiger charge is -2.22. The van der Waals surface area contributed by atoms with E-state index in [1.54, 1.807) is 0 Å². The molecule has 0 saturated heterocycles. The molecule has 1 unspecified atom stereocenters. The van der Waals surface area contributed by atoms with Crippen molar-refractivity contribution in [3.05, 3.63) is 0 Å². The highest BCUT2D eigenvalue weighted by Gasteiger charge is 2.24. The molecule has 0 heterocycles. The number of ether oxygens (including phenoxy) is 1. The van der Waals surface area contributed by atoms with Gasteiger partial charge in [-0.3, -0.25) is 0 Å². The predicted molar refractivity (Wildman–Crippen MR) is 50.8 cm³/mol. The summed E-state index contributed by atoms with van der Waals surface area (Å²) in [4.78, 5) is 10.3. The molecule has 0 amide bonds. The quantitative estimate of drug-likeness (QED) is 0.444. The maximum Gasteiger partial charge on any atom is 0.329 e. The minimum absolute atomic E-state index is 0.0737. The van der Waals surface area contributed by atoms with Crippen molar-refractivity contribution in [2.24, 2.45) is 0 Å². The smallest absolute Gasteiger partial charge is 0.329 e. The second-order valence-corrected chi connectivity index (χ2v) is 3.52. The minimum Gasteiger partial charge on any atom is -0.480 e. The van der Waals surface area contributed by atoms with Crippen LogP contribution in [0.4, 0.5) is 0 Å². The van der Waals surface area contributed by atoms with Gasteiger partial charge in [0.15, 0.2) is 0 Å². The van der Waals surface area contributed by atoms with E-state index in [4.69, 9.17) is 9.84 Å². The lowest BCUT2D eigenvalue weighted by Crippen LogP contribution is -2.30. The molecule has 0 aromatic heterocycles. The van der Waals surface area contributed by atoms with Crippen molar-refractivity contribution in [1.82, 2.24) is 0 Å². The maximum atomic E-state index is 10.3. The van der Waals surface area contributed by atoms with Gasteiger partial charge >= 0.3 is 5.97 Å². The molecule has 15 heavy (non-hydrogen) atoms. The predicted octanol–water partition coefficient (Wildman–Crippen LogP) is -0.286. The number of hydrogen-bond acceptors (Lipinski definition) is 4. The van der Waals surface area contributed by atoms with Gasteiger partial charge in [0.1, 0.15) is 6.61 Å². The largest absolute Gasteiger partial charge is 0.480 e. The Balaban J connectivity index is 2.44. The Hall–Kier alpha value is -1.09. The minimum atomic E-state index is -1.97. The number of carboxylic acid groups (broad SMARTS) is 1. The first-order valence-electron chi connectivity index (χ1n) is 4.78. The molecular formula is C10H14O5. The van der Waals surface area contributed by atoms with Gasteiger partial charge < -0.3 is 20.1 Å². The van der Waals surface area contributed by atoms with Crippen molar-refractivity contribution in [3.8, 4) is 11.8 Å². The third-order valence-electron chi connectivity index (χ3n) is 2.14. The lowest BCUT2D eigenvalue weighted by atomic mass is 10.0. The number of aliphatic carboxylic acids is 1. The van der Waals surface area contributed by atoms with Crippen LogP contribution in [0, 0.1) is 11.8 Å². The van der Waals surface area contributed by atoms with Gasteiger partial charge in [-0.2, -0.15) is 0 Å². The first-order valence-corrected chi connectivity index (χ1v) is 4.78. The van der Waals surface area contributed by atoms with Gasteiger partial charge in [-0.05, 0) is 18.8 Å². The molecule has 0 spiro atoms. The summed E-state index contributed by atoms with van der Waals surface area (Å²) >= 11 is 0. The van der Waals surface area contributed by atoms with E-state index in [9.17, 15) is 15.0 Å². The zero-order valence-corrected chi connectivity index (χ0v) is 8.27. The highest BCUT2D eigenvalue weighted by Crippen LogP contribution is 2.17. The number of rotatable bonds is 3. The van der Waals surface area contributed by atoms with E-state index in [0.717, 1.165) is 0 Å². The Bertz CT molecular complexity index is 286. The molecule has 0 aromatic carbocycles. The van der Waals surface area contributed by atoms with Crippen LogP contribution >= 0.6 is 0 Å². The van der Waals surface area contributed by atoms with Crippen LogP contribution in [-0.4, -0.2) is 39.8 Å². The molecule has 5 heteroatoms. The summed E-state index contributed by atoms with van der Waals surface area (Å²) in [7, 11) is 0. The zero-order valence-electron chi connectivity index (χ0n) is 8.27. The van der Waals surface area contributed by atoms with E-state index in [2.05, 4.69) is 11.8 Å². The summed E-state index contributed by atoms with van der Waals surface area (Å²) in [6.45, 7) is -0.359. The van der Waals surface area contributed by atoms with Gasteiger partial charge in [-0.15, -0.1) is 0 Å². The molecule has 84 valence electrons. The topological polar surface area (TPSA) is 87.0 Å². The van der Waals surface area contributed by atoms with Crippen LogP contribution in [0.3, 0.4) is 0 Å². The van der Waals surface area contributed by atoms with Crippen molar-refractivity contribution < 1.29 is 24.9 Å². The zero-order chi connectivity index (χ0) is 11.3. The molecule has 0 aromatic rings. The Labute approximate surface area is 87.7 Å². The van der Waals surface area contributed by atoms with E-state index < -0.39 is 11.8 Å². The van der Waals surface area contributed by atoms with Crippen LogP contribution in [0.5, 0.6) is 0 Å². The second kappa shape index (κ2) is 5.12. The standard InChI is InChI=1S/C10H14O5/c11-9(12)7-15-8-3-1-2-5-10(13,14)6-4-8/h8,13-14H,1,3-4,6-7H2,(H,11,12). The highest BCUT2D eigenvalue weighted by molar-refractivity contribution is 5.68. The molecule has 0 fully saturated rings. The highest BCUT2D eigenvalue weighted by atomic mass is 16.5. The number of carbonyl (C=O) groups is 1. The van der Waals surface area contributed by atoms with Crippen molar-refractivity contribution >= 4 is 5.97 Å². The third-order valence-corrected chi connectivity index (χ3v) is 2.14. The van der Waals surface area contributed by atoms with Gasteiger partial charge in [0.25, 0.3) is 0 Å². The molecule has 3 N–H and O–H groups in total. The molecular weight excluding hydrogens is 200 g/mol. The van der Waals surface area contributed by atoms with Crippen molar-refractivity contribution in [2.75, 3.05) is 6.61 Å². The average molecular weight is 214 g/mol. The third kappa shape index (κ3) is 4.79. The molecule has 0 radical (unpaired) electrons. The first-order chi connectivity index (χ1) is 6.99. The molecule has 1 aliphatic carbocycles. The van der Waals surface area contributed by atoms with Crippen LogP contribution in [0.15, 0.2) is 0 Å². The normalized spacial score (nSPS) is 24.5. The summed E-state index contributed by atoms with van der Waals surface area (Å²) in [5.74, 6) is 1.96. The average Bonchev–Trinajstić information content (AvgIpc) is 2.12. The van der Waals surface area contributed by atoms with E-state index in [1.807, 2.05) is 0 Å². The SMILES string of the molecule is O=C(O)COC1CCC#CC(O)(O)CC1. The van der Waals surface area contributed by atoms with Crippen molar-refractivity contribution in [2.45, 2.75) is 37.6 Å². The van der Waals surface area contributed by atoms with E-state index in [1.165, 1.54) is 0 Å².